The quantitative estimate of drug-likeness (QED) is 0.389. The lowest BCUT2D eigenvalue weighted by molar-refractivity contribution is -0.153. The van der Waals surface area contributed by atoms with E-state index in [1.54, 1.807) is 5.48 Å². The van der Waals surface area contributed by atoms with Crippen LogP contribution in [0.5, 0.6) is 0 Å². The molecular weight excluding hydrogens is 336 g/mol. The molecule has 3 rings (SSSR count). The fourth-order valence-corrected chi connectivity index (χ4v) is 3.06. The fraction of sp³-hybridized carbons (Fsp3) is 0.211. The van der Waals surface area contributed by atoms with Crippen LogP contribution in [0, 0.1) is 0 Å². The van der Waals surface area contributed by atoms with Gasteiger partial charge in [-0.1, -0.05) is 48.5 Å². The Kier molecular flexibility index (Phi) is 5.40. The minimum absolute atomic E-state index is 0.0464. The van der Waals surface area contributed by atoms with Crippen LogP contribution in [0.4, 0.5) is 0 Å². The number of nitrogens with one attached hydrogen (secondary N) is 2. The molecule has 134 valence electrons. The van der Waals surface area contributed by atoms with Gasteiger partial charge < -0.3 is 15.3 Å². The molecule has 1 amide bonds. The summed E-state index contributed by atoms with van der Waals surface area (Å²) in [5.74, 6) is -2.58. The second-order valence-corrected chi connectivity index (χ2v) is 5.86. The van der Waals surface area contributed by atoms with Crippen molar-refractivity contribution in [3.63, 3.8) is 0 Å². The van der Waals surface area contributed by atoms with Crippen LogP contribution in [0.2, 0.25) is 0 Å². The maximum atomic E-state index is 11.9. The van der Waals surface area contributed by atoms with E-state index >= 15 is 0 Å². The van der Waals surface area contributed by atoms with E-state index in [0.29, 0.717) is 0 Å². The van der Waals surface area contributed by atoms with Gasteiger partial charge in [-0.3, -0.25) is 9.59 Å². The highest BCUT2D eigenvalue weighted by Crippen LogP contribution is 2.44. The van der Waals surface area contributed by atoms with E-state index in [1.807, 2.05) is 48.5 Å². The Balaban J connectivity index is 1.64. The normalized spacial score (nSPS) is 12.2. The van der Waals surface area contributed by atoms with Crippen LogP contribution in [-0.2, 0) is 19.1 Å². The maximum absolute atomic E-state index is 11.9. The third-order valence-corrected chi connectivity index (χ3v) is 4.26. The van der Waals surface area contributed by atoms with Gasteiger partial charge in [0, 0.05) is 5.92 Å². The van der Waals surface area contributed by atoms with Crippen molar-refractivity contribution in [2.75, 3.05) is 19.7 Å². The first kappa shape index (κ1) is 17.8. The lowest BCUT2D eigenvalue weighted by Crippen LogP contribution is -2.38. The molecule has 1 aliphatic carbocycles. The summed E-state index contributed by atoms with van der Waals surface area (Å²) < 4.78 is 5.19. The van der Waals surface area contributed by atoms with E-state index in [4.69, 9.17) is 9.94 Å². The largest absolute Gasteiger partial charge is 0.459 e. The minimum atomic E-state index is -0.996. The second kappa shape index (κ2) is 7.90. The molecule has 1 aliphatic rings. The van der Waals surface area contributed by atoms with E-state index in [2.05, 4.69) is 5.32 Å². The smallest absolute Gasteiger partial charge is 0.376 e. The van der Waals surface area contributed by atoms with E-state index in [1.165, 1.54) is 0 Å². The molecule has 26 heavy (non-hydrogen) atoms. The Morgan fingerprint density at radius 1 is 0.923 bits per heavy atom. The van der Waals surface area contributed by atoms with Gasteiger partial charge in [0.05, 0.1) is 13.1 Å². The number of rotatable bonds is 7. The number of fused-ring (bicyclic) bond motifs is 3. The molecule has 0 atom stereocenters. The minimum Gasteiger partial charge on any atom is -0.459 e. The molecule has 7 nitrogen and oxygen atoms in total. The molecule has 3 N–H and O–H groups in total. The number of carbonyl (C=O) groups is 3. The van der Waals surface area contributed by atoms with E-state index in [0.717, 1.165) is 22.3 Å². The summed E-state index contributed by atoms with van der Waals surface area (Å²) in [6, 6.07) is 15.8. The summed E-state index contributed by atoms with van der Waals surface area (Å²) in [6.07, 6.45) is 0. The number of hydrogen-bond donors (Lipinski definition) is 3. The molecule has 7 heteroatoms. The number of benzene rings is 2. The lowest BCUT2D eigenvalue weighted by Gasteiger charge is -2.13. The van der Waals surface area contributed by atoms with Crippen LogP contribution < -0.4 is 10.8 Å². The average Bonchev–Trinajstić information content (AvgIpc) is 2.98. The molecule has 0 fully saturated rings. The van der Waals surface area contributed by atoms with Gasteiger partial charge in [0.2, 0.25) is 5.91 Å². The first-order valence-corrected chi connectivity index (χ1v) is 8.13. The SMILES string of the molecule is O=C(CNO)NCC(=O)C(=O)OCC1c2ccccc2-c2ccccc21. The number of ether oxygens (including phenoxy) is 1. The lowest BCUT2D eigenvalue weighted by atomic mass is 9.98. The van der Waals surface area contributed by atoms with Crippen molar-refractivity contribution in [1.29, 1.82) is 0 Å². The number of Topliss-reactive ketones (excluding diaryl/α,β-unsaturated/α-hetero) is 1. The molecular formula is C19H18N2O5. The summed E-state index contributed by atoms with van der Waals surface area (Å²) in [7, 11) is 0. The van der Waals surface area contributed by atoms with Crippen LogP contribution in [0.15, 0.2) is 48.5 Å². The molecule has 0 saturated carbocycles. The van der Waals surface area contributed by atoms with Crippen LogP contribution in [-0.4, -0.2) is 42.6 Å². The molecule has 0 spiro atoms. The highest BCUT2D eigenvalue weighted by Gasteiger charge is 2.29. The Labute approximate surface area is 149 Å². The van der Waals surface area contributed by atoms with Crippen molar-refractivity contribution in [2.24, 2.45) is 0 Å². The van der Waals surface area contributed by atoms with Gasteiger partial charge in [-0.15, -0.1) is 0 Å². The number of hydroxylamine groups is 1. The zero-order valence-electron chi connectivity index (χ0n) is 13.9. The Bertz CT molecular complexity index is 804. The molecule has 0 radical (unpaired) electrons. The standard InChI is InChI=1S/C19H18N2O5/c22-17(9-20-18(23)10-21-25)19(24)26-11-16-14-7-3-1-5-12(14)13-6-2-4-8-15(13)16/h1-8,16,21,25H,9-11H2,(H,20,23). The molecule has 2 aromatic carbocycles. The highest BCUT2D eigenvalue weighted by atomic mass is 16.5. The molecule has 0 aliphatic heterocycles. The Morgan fingerprint density at radius 3 is 2.08 bits per heavy atom. The molecule has 0 heterocycles. The van der Waals surface area contributed by atoms with Crippen LogP contribution in [0.25, 0.3) is 11.1 Å². The predicted molar refractivity (Wildman–Crippen MR) is 92.5 cm³/mol. The van der Waals surface area contributed by atoms with Gasteiger partial charge >= 0.3 is 5.97 Å². The topological polar surface area (TPSA) is 105 Å². The van der Waals surface area contributed by atoms with Gasteiger partial charge in [-0.2, -0.15) is 5.48 Å². The van der Waals surface area contributed by atoms with Crippen molar-refractivity contribution in [1.82, 2.24) is 10.8 Å². The van der Waals surface area contributed by atoms with Crippen molar-refractivity contribution in [2.45, 2.75) is 5.92 Å². The highest BCUT2D eigenvalue weighted by molar-refractivity contribution is 6.34. The molecule has 0 bridgehead atoms. The first-order valence-electron chi connectivity index (χ1n) is 8.13. The summed E-state index contributed by atoms with van der Waals surface area (Å²) in [5.41, 5.74) is 5.96. The van der Waals surface area contributed by atoms with Gasteiger partial charge in [0.25, 0.3) is 5.78 Å². The molecule has 0 saturated heterocycles. The third kappa shape index (κ3) is 3.63. The zero-order valence-corrected chi connectivity index (χ0v) is 13.9. The van der Waals surface area contributed by atoms with Gasteiger partial charge in [0.15, 0.2) is 0 Å². The number of ketones is 1. The van der Waals surface area contributed by atoms with Crippen LogP contribution >= 0.6 is 0 Å². The van der Waals surface area contributed by atoms with Crippen molar-refractivity contribution < 1.29 is 24.3 Å². The molecule has 0 unspecified atom stereocenters. The van der Waals surface area contributed by atoms with Gasteiger partial charge in [0.1, 0.15) is 6.61 Å². The number of amides is 1. The van der Waals surface area contributed by atoms with Gasteiger partial charge in [-0.25, -0.2) is 4.79 Å². The second-order valence-electron chi connectivity index (χ2n) is 5.86. The van der Waals surface area contributed by atoms with Crippen molar-refractivity contribution in [3.8, 4) is 11.1 Å². The van der Waals surface area contributed by atoms with Gasteiger partial charge in [-0.05, 0) is 22.3 Å². The monoisotopic (exact) mass is 354 g/mol. The summed E-state index contributed by atoms with van der Waals surface area (Å²) >= 11 is 0. The number of hydrogen-bond acceptors (Lipinski definition) is 6. The Hall–Kier alpha value is -3.03. The van der Waals surface area contributed by atoms with Crippen molar-refractivity contribution in [3.05, 3.63) is 59.7 Å². The third-order valence-electron chi connectivity index (χ3n) is 4.26. The molecule has 2 aromatic rings. The predicted octanol–water partition coefficient (Wildman–Crippen LogP) is 1.01. The van der Waals surface area contributed by atoms with E-state index in [9.17, 15) is 14.4 Å². The summed E-state index contributed by atoms with van der Waals surface area (Å²) in [5, 5.41) is 10.6. The fourth-order valence-electron chi connectivity index (χ4n) is 3.06. The first-order chi connectivity index (χ1) is 12.6. The Morgan fingerprint density at radius 2 is 1.50 bits per heavy atom. The number of carbonyl (C=O) groups excluding carboxylic acids is 3. The van der Waals surface area contributed by atoms with Crippen LogP contribution in [0.3, 0.4) is 0 Å². The summed E-state index contributed by atoms with van der Waals surface area (Å²) in [4.78, 5) is 34.9. The summed E-state index contributed by atoms with van der Waals surface area (Å²) in [6.45, 7) is -0.792. The van der Waals surface area contributed by atoms with E-state index in [-0.39, 0.29) is 19.1 Å². The average molecular weight is 354 g/mol. The van der Waals surface area contributed by atoms with Crippen molar-refractivity contribution >= 4 is 17.7 Å². The molecule has 0 aromatic heterocycles. The maximum Gasteiger partial charge on any atom is 0.376 e. The zero-order chi connectivity index (χ0) is 18.5. The van der Waals surface area contributed by atoms with E-state index < -0.39 is 24.2 Å². The van der Waals surface area contributed by atoms with Crippen LogP contribution in [0.1, 0.15) is 17.0 Å². The number of esters is 1.